The van der Waals surface area contributed by atoms with E-state index in [1.807, 2.05) is 62.4 Å². The maximum Gasteiger partial charge on any atom is 0.251 e. The van der Waals surface area contributed by atoms with Crippen molar-refractivity contribution in [3.05, 3.63) is 78.4 Å². The van der Waals surface area contributed by atoms with Crippen molar-refractivity contribution in [2.75, 3.05) is 12.4 Å². The molecule has 0 radical (unpaired) electrons. The van der Waals surface area contributed by atoms with Crippen LogP contribution in [0.3, 0.4) is 0 Å². The number of hydrogen-bond donors (Lipinski definition) is 3. The molecule has 0 aliphatic heterocycles. The third-order valence-electron chi connectivity index (χ3n) is 5.38. The quantitative estimate of drug-likeness (QED) is 0.389. The van der Waals surface area contributed by atoms with Gasteiger partial charge in [0.15, 0.2) is 0 Å². The van der Waals surface area contributed by atoms with Gasteiger partial charge in [-0.1, -0.05) is 38.1 Å². The highest BCUT2D eigenvalue weighted by Gasteiger charge is 2.25. The second-order valence-corrected chi connectivity index (χ2v) is 8.10. The topological polar surface area (TPSA) is 96.1 Å². The predicted octanol–water partition coefficient (Wildman–Crippen LogP) is 4.63. The van der Waals surface area contributed by atoms with E-state index >= 15 is 0 Å². The molecule has 1 aromatic heterocycles. The summed E-state index contributed by atoms with van der Waals surface area (Å²) >= 11 is 0. The fraction of sp³-hybridized carbons (Fsp3) is 0.192. The van der Waals surface area contributed by atoms with Crippen LogP contribution in [0.1, 0.15) is 24.2 Å². The Kier molecular flexibility index (Phi) is 6.40. The first-order chi connectivity index (χ1) is 15.9. The molecular weight excluding hydrogens is 416 g/mol. The van der Waals surface area contributed by atoms with Gasteiger partial charge in [0.2, 0.25) is 5.91 Å². The minimum atomic E-state index is -0.700. The Morgan fingerprint density at radius 2 is 1.73 bits per heavy atom. The number of aromatic amines is 1. The normalized spacial score (nSPS) is 11.9. The third kappa shape index (κ3) is 5.03. The van der Waals surface area contributed by atoms with Gasteiger partial charge in [-0.3, -0.25) is 9.59 Å². The molecule has 0 spiro atoms. The largest absolute Gasteiger partial charge is 0.497 e. The molecule has 168 valence electrons. The van der Waals surface area contributed by atoms with E-state index in [4.69, 9.17) is 4.74 Å². The number of aromatic nitrogens is 2. The Morgan fingerprint density at radius 1 is 0.970 bits per heavy atom. The summed E-state index contributed by atoms with van der Waals surface area (Å²) in [5.41, 5.74) is 3.77. The van der Waals surface area contributed by atoms with E-state index < -0.39 is 6.04 Å². The summed E-state index contributed by atoms with van der Waals surface area (Å²) in [7, 11) is 1.57. The van der Waals surface area contributed by atoms with Crippen LogP contribution in [0.4, 0.5) is 5.69 Å². The average Bonchev–Trinajstić information content (AvgIpc) is 3.27. The molecule has 0 bridgehead atoms. The first kappa shape index (κ1) is 22.1. The zero-order chi connectivity index (χ0) is 23.4. The minimum absolute atomic E-state index is 0.106. The number of benzene rings is 3. The number of ether oxygens (including phenoxy) is 1. The Labute approximate surface area is 192 Å². The van der Waals surface area contributed by atoms with E-state index in [1.165, 1.54) is 0 Å². The summed E-state index contributed by atoms with van der Waals surface area (Å²) in [6, 6.07) is 21.3. The fourth-order valence-corrected chi connectivity index (χ4v) is 3.56. The summed E-state index contributed by atoms with van der Waals surface area (Å²) in [5.74, 6) is 0.677. The van der Waals surface area contributed by atoms with Crippen molar-refractivity contribution < 1.29 is 14.3 Å². The van der Waals surface area contributed by atoms with Gasteiger partial charge in [-0.2, -0.15) is 0 Å². The van der Waals surface area contributed by atoms with E-state index in [1.54, 1.807) is 31.4 Å². The summed E-state index contributed by atoms with van der Waals surface area (Å²) in [6.07, 6.45) is 0. The third-order valence-corrected chi connectivity index (χ3v) is 5.38. The van der Waals surface area contributed by atoms with Crippen molar-refractivity contribution in [1.82, 2.24) is 15.3 Å². The summed E-state index contributed by atoms with van der Waals surface area (Å²) < 4.78 is 5.13. The molecule has 3 N–H and O–H groups in total. The molecule has 0 aliphatic carbocycles. The molecule has 0 unspecified atom stereocenters. The molecule has 0 saturated carbocycles. The zero-order valence-electron chi connectivity index (χ0n) is 18.8. The Hall–Kier alpha value is -4.13. The smallest absolute Gasteiger partial charge is 0.251 e. The Balaban J connectivity index is 1.49. The number of rotatable bonds is 7. The van der Waals surface area contributed by atoms with Crippen molar-refractivity contribution in [3.63, 3.8) is 0 Å². The van der Waals surface area contributed by atoms with Crippen LogP contribution in [0.15, 0.2) is 72.8 Å². The lowest BCUT2D eigenvalue weighted by Gasteiger charge is -2.22. The standard InChI is InChI=1S/C26H26N4O3/c1-16(2)23(30-25(31)17-11-13-20(33-3)14-12-17)26(32)27-19-8-6-7-18(15-19)24-28-21-9-4-5-10-22(21)29-24/h4-16,23H,1-3H3,(H,27,32)(H,28,29)(H,30,31)/t23-/m0/s1. The molecule has 1 atom stereocenters. The van der Waals surface area contributed by atoms with Crippen LogP contribution in [0.25, 0.3) is 22.4 Å². The maximum atomic E-state index is 13.0. The van der Waals surface area contributed by atoms with E-state index in [9.17, 15) is 9.59 Å². The molecular formula is C26H26N4O3. The lowest BCUT2D eigenvalue weighted by atomic mass is 10.0. The van der Waals surface area contributed by atoms with Gasteiger partial charge in [0, 0.05) is 16.8 Å². The highest BCUT2D eigenvalue weighted by molar-refractivity contribution is 6.01. The van der Waals surface area contributed by atoms with Crippen LogP contribution in [-0.4, -0.2) is 34.9 Å². The second kappa shape index (κ2) is 9.56. The van der Waals surface area contributed by atoms with Crippen LogP contribution in [0.2, 0.25) is 0 Å². The maximum absolute atomic E-state index is 13.0. The molecule has 4 aromatic rings. The predicted molar refractivity (Wildman–Crippen MR) is 129 cm³/mol. The number of nitrogens with one attached hydrogen (secondary N) is 3. The fourth-order valence-electron chi connectivity index (χ4n) is 3.56. The molecule has 4 rings (SSSR count). The van der Waals surface area contributed by atoms with E-state index in [2.05, 4.69) is 20.6 Å². The van der Waals surface area contributed by atoms with Gasteiger partial charge < -0.3 is 20.4 Å². The van der Waals surface area contributed by atoms with Gasteiger partial charge in [-0.05, 0) is 54.4 Å². The van der Waals surface area contributed by atoms with Crippen molar-refractivity contribution in [1.29, 1.82) is 0 Å². The van der Waals surface area contributed by atoms with Gasteiger partial charge in [0.25, 0.3) is 5.91 Å². The van der Waals surface area contributed by atoms with Gasteiger partial charge in [-0.15, -0.1) is 0 Å². The SMILES string of the molecule is COc1ccc(C(=O)N[C@H](C(=O)Nc2cccc(-c3nc4ccccc4[nH]3)c2)C(C)C)cc1. The van der Waals surface area contributed by atoms with Crippen LogP contribution in [0.5, 0.6) is 5.75 Å². The number of nitrogens with zero attached hydrogens (tertiary/aromatic N) is 1. The number of imidazole rings is 1. The first-order valence-corrected chi connectivity index (χ1v) is 10.8. The number of para-hydroxylation sites is 2. The molecule has 33 heavy (non-hydrogen) atoms. The lowest BCUT2D eigenvalue weighted by Crippen LogP contribution is -2.47. The van der Waals surface area contributed by atoms with Crippen LogP contribution >= 0.6 is 0 Å². The number of methoxy groups -OCH3 is 1. The molecule has 3 aromatic carbocycles. The number of carbonyl (C=O) groups excluding carboxylic acids is 2. The molecule has 0 fully saturated rings. The number of H-pyrrole nitrogens is 1. The number of carbonyl (C=O) groups is 2. The summed E-state index contributed by atoms with van der Waals surface area (Å²) in [6.45, 7) is 3.78. The average molecular weight is 443 g/mol. The van der Waals surface area contributed by atoms with Gasteiger partial charge >= 0.3 is 0 Å². The number of amides is 2. The van der Waals surface area contributed by atoms with Crippen molar-refractivity contribution in [2.45, 2.75) is 19.9 Å². The van der Waals surface area contributed by atoms with E-state index in [0.29, 0.717) is 17.0 Å². The van der Waals surface area contributed by atoms with Gasteiger partial charge in [0.1, 0.15) is 17.6 Å². The monoisotopic (exact) mass is 442 g/mol. The second-order valence-electron chi connectivity index (χ2n) is 8.10. The van der Waals surface area contributed by atoms with Crippen LogP contribution in [0, 0.1) is 5.92 Å². The lowest BCUT2D eigenvalue weighted by molar-refractivity contribution is -0.118. The van der Waals surface area contributed by atoms with E-state index in [-0.39, 0.29) is 17.7 Å². The number of fused-ring (bicyclic) bond motifs is 1. The Morgan fingerprint density at radius 3 is 2.42 bits per heavy atom. The minimum Gasteiger partial charge on any atom is -0.497 e. The van der Waals surface area contributed by atoms with Gasteiger partial charge in [0.05, 0.1) is 18.1 Å². The summed E-state index contributed by atoms with van der Waals surface area (Å²) in [4.78, 5) is 33.7. The number of anilines is 1. The van der Waals surface area contributed by atoms with Crippen LogP contribution < -0.4 is 15.4 Å². The van der Waals surface area contributed by atoms with E-state index in [0.717, 1.165) is 22.4 Å². The zero-order valence-corrected chi connectivity index (χ0v) is 18.8. The number of hydrogen-bond acceptors (Lipinski definition) is 4. The highest BCUT2D eigenvalue weighted by atomic mass is 16.5. The molecule has 7 nitrogen and oxygen atoms in total. The molecule has 1 heterocycles. The summed E-state index contributed by atoms with van der Waals surface area (Å²) in [5, 5.41) is 5.77. The van der Waals surface area contributed by atoms with Crippen LogP contribution in [-0.2, 0) is 4.79 Å². The van der Waals surface area contributed by atoms with Crippen molar-refractivity contribution in [3.8, 4) is 17.1 Å². The van der Waals surface area contributed by atoms with Gasteiger partial charge in [-0.25, -0.2) is 4.98 Å². The molecule has 0 aliphatic rings. The Bertz CT molecular complexity index is 1250. The molecule has 7 heteroatoms. The molecule has 0 saturated heterocycles. The highest BCUT2D eigenvalue weighted by Crippen LogP contribution is 2.23. The van der Waals surface area contributed by atoms with Crippen molar-refractivity contribution >= 4 is 28.5 Å². The first-order valence-electron chi connectivity index (χ1n) is 10.8. The molecule has 2 amide bonds. The van der Waals surface area contributed by atoms with Crippen molar-refractivity contribution in [2.24, 2.45) is 5.92 Å².